The highest BCUT2D eigenvalue weighted by Gasteiger charge is 2.14. The Labute approximate surface area is 184 Å². The fourth-order valence-corrected chi connectivity index (χ4v) is 3.10. The fourth-order valence-electron chi connectivity index (χ4n) is 3.10. The van der Waals surface area contributed by atoms with E-state index in [9.17, 15) is 9.59 Å². The topological polar surface area (TPSA) is 93.9 Å². The third-order valence-electron chi connectivity index (χ3n) is 4.57. The summed E-state index contributed by atoms with van der Waals surface area (Å²) in [6.07, 6.45) is 0.924. The minimum absolute atomic E-state index is 0.121. The van der Waals surface area contributed by atoms with Crippen LogP contribution in [0.25, 0.3) is 0 Å². The largest absolute Gasteiger partial charge is 0.493 e. The van der Waals surface area contributed by atoms with Gasteiger partial charge in [0, 0.05) is 17.8 Å². The Morgan fingerprint density at radius 2 is 1.81 bits per heavy atom. The van der Waals surface area contributed by atoms with Crippen molar-refractivity contribution >= 4 is 17.5 Å². The van der Waals surface area contributed by atoms with Crippen LogP contribution < -0.4 is 20.5 Å². The standard InChI is InChI=1S/C24H33N3O4/c1-5-12-27(15-23(28)26-20-9-7-19(8-10-20)24(25)29)14-18-6-11-21(22(13-18)30-4)31-16-17(2)3/h6-11,13,17H,5,12,14-16H2,1-4H3,(H2,25,29)(H,26,28). The van der Waals surface area contributed by atoms with Gasteiger partial charge in [-0.25, -0.2) is 0 Å². The number of ether oxygens (including phenoxy) is 2. The molecule has 2 rings (SSSR count). The Kier molecular flexibility index (Phi) is 9.34. The van der Waals surface area contributed by atoms with Crippen molar-refractivity contribution in [3.63, 3.8) is 0 Å². The van der Waals surface area contributed by atoms with Crippen molar-refractivity contribution in [2.75, 3.05) is 32.1 Å². The molecule has 0 aliphatic carbocycles. The SMILES string of the molecule is CCCN(CC(=O)Nc1ccc(C(N)=O)cc1)Cc1ccc(OCC(C)C)c(OC)c1. The van der Waals surface area contributed by atoms with Crippen LogP contribution in [-0.4, -0.2) is 43.5 Å². The summed E-state index contributed by atoms with van der Waals surface area (Å²) in [6.45, 7) is 8.54. The monoisotopic (exact) mass is 427 g/mol. The molecule has 3 N–H and O–H groups in total. The van der Waals surface area contributed by atoms with Gasteiger partial charge in [-0.2, -0.15) is 0 Å². The van der Waals surface area contributed by atoms with Crippen molar-refractivity contribution in [3.8, 4) is 11.5 Å². The number of nitrogens with zero attached hydrogens (tertiary/aromatic N) is 1. The first kappa shape index (κ1) is 24.2. The number of amides is 2. The van der Waals surface area contributed by atoms with E-state index in [0.717, 1.165) is 24.3 Å². The number of primary amides is 1. The number of benzene rings is 2. The third kappa shape index (κ3) is 7.94. The predicted octanol–water partition coefficient (Wildman–Crippen LogP) is 3.68. The number of hydrogen-bond donors (Lipinski definition) is 2. The number of methoxy groups -OCH3 is 1. The van der Waals surface area contributed by atoms with Crippen LogP contribution in [0, 0.1) is 5.92 Å². The molecule has 0 bridgehead atoms. The second-order valence-electron chi connectivity index (χ2n) is 7.89. The summed E-state index contributed by atoms with van der Waals surface area (Å²) >= 11 is 0. The Bertz CT molecular complexity index is 866. The molecule has 0 saturated carbocycles. The molecule has 0 aliphatic heterocycles. The number of carbonyl (C=O) groups excluding carboxylic acids is 2. The highest BCUT2D eigenvalue weighted by atomic mass is 16.5. The third-order valence-corrected chi connectivity index (χ3v) is 4.57. The highest BCUT2D eigenvalue weighted by molar-refractivity contribution is 5.95. The zero-order valence-electron chi connectivity index (χ0n) is 18.8. The average Bonchev–Trinajstić information content (AvgIpc) is 2.73. The van der Waals surface area contributed by atoms with Gasteiger partial charge in [-0.3, -0.25) is 14.5 Å². The Morgan fingerprint density at radius 3 is 2.39 bits per heavy atom. The summed E-state index contributed by atoms with van der Waals surface area (Å²) in [5.41, 5.74) is 7.32. The lowest BCUT2D eigenvalue weighted by atomic mass is 10.1. The van der Waals surface area contributed by atoms with Gasteiger partial charge in [0.2, 0.25) is 11.8 Å². The molecule has 0 unspecified atom stereocenters. The molecule has 0 fully saturated rings. The van der Waals surface area contributed by atoms with Crippen molar-refractivity contribution in [1.29, 1.82) is 0 Å². The molecule has 0 saturated heterocycles. The lowest BCUT2D eigenvalue weighted by Gasteiger charge is -2.22. The fraction of sp³-hybridized carbons (Fsp3) is 0.417. The zero-order valence-corrected chi connectivity index (χ0v) is 18.8. The van der Waals surface area contributed by atoms with Crippen LogP contribution in [-0.2, 0) is 11.3 Å². The molecular formula is C24H33N3O4. The Morgan fingerprint density at radius 1 is 1.10 bits per heavy atom. The molecular weight excluding hydrogens is 394 g/mol. The van der Waals surface area contributed by atoms with E-state index in [1.165, 1.54) is 0 Å². The van der Waals surface area contributed by atoms with E-state index in [1.54, 1.807) is 31.4 Å². The van der Waals surface area contributed by atoms with E-state index in [4.69, 9.17) is 15.2 Å². The van der Waals surface area contributed by atoms with Crippen molar-refractivity contribution in [2.24, 2.45) is 11.7 Å². The van der Waals surface area contributed by atoms with E-state index in [1.807, 2.05) is 18.2 Å². The molecule has 0 heterocycles. The second-order valence-corrected chi connectivity index (χ2v) is 7.89. The van der Waals surface area contributed by atoms with Crippen LogP contribution >= 0.6 is 0 Å². The van der Waals surface area contributed by atoms with Gasteiger partial charge in [0.1, 0.15) is 0 Å². The normalized spacial score (nSPS) is 10.9. The number of nitrogens with one attached hydrogen (secondary N) is 1. The summed E-state index contributed by atoms with van der Waals surface area (Å²) in [7, 11) is 1.63. The molecule has 0 spiro atoms. The lowest BCUT2D eigenvalue weighted by Crippen LogP contribution is -2.33. The van der Waals surface area contributed by atoms with E-state index >= 15 is 0 Å². The average molecular weight is 428 g/mol. The first-order chi connectivity index (χ1) is 14.8. The summed E-state index contributed by atoms with van der Waals surface area (Å²) in [4.78, 5) is 25.8. The number of anilines is 1. The second kappa shape index (κ2) is 12.0. The molecule has 168 valence electrons. The van der Waals surface area contributed by atoms with Crippen LogP contribution in [0.3, 0.4) is 0 Å². The first-order valence-electron chi connectivity index (χ1n) is 10.5. The molecule has 2 amide bonds. The molecule has 31 heavy (non-hydrogen) atoms. The van der Waals surface area contributed by atoms with E-state index in [-0.39, 0.29) is 12.5 Å². The van der Waals surface area contributed by atoms with E-state index < -0.39 is 5.91 Å². The molecule has 7 nitrogen and oxygen atoms in total. The molecule has 0 radical (unpaired) electrons. The van der Waals surface area contributed by atoms with Crippen molar-refractivity contribution in [3.05, 3.63) is 53.6 Å². The van der Waals surface area contributed by atoms with Crippen LogP contribution in [0.2, 0.25) is 0 Å². The van der Waals surface area contributed by atoms with Crippen molar-refractivity contribution in [1.82, 2.24) is 4.90 Å². The maximum Gasteiger partial charge on any atom is 0.248 e. The summed E-state index contributed by atoms with van der Waals surface area (Å²) < 4.78 is 11.3. The lowest BCUT2D eigenvalue weighted by molar-refractivity contribution is -0.117. The van der Waals surface area contributed by atoms with E-state index in [0.29, 0.717) is 36.1 Å². The number of hydrogen-bond acceptors (Lipinski definition) is 5. The van der Waals surface area contributed by atoms with Crippen LogP contribution in [0.1, 0.15) is 43.1 Å². The first-order valence-corrected chi connectivity index (χ1v) is 10.5. The van der Waals surface area contributed by atoms with Gasteiger partial charge in [-0.15, -0.1) is 0 Å². The molecule has 2 aromatic rings. The smallest absolute Gasteiger partial charge is 0.248 e. The summed E-state index contributed by atoms with van der Waals surface area (Å²) in [6, 6.07) is 12.4. The van der Waals surface area contributed by atoms with Gasteiger partial charge in [0.15, 0.2) is 11.5 Å². The van der Waals surface area contributed by atoms with Gasteiger partial charge in [-0.1, -0.05) is 26.8 Å². The van der Waals surface area contributed by atoms with Crippen LogP contribution in [0.15, 0.2) is 42.5 Å². The number of rotatable bonds is 12. The van der Waals surface area contributed by atoms with E-state index in [2.05, 4.69) is 31.0 Å². The van der Waals surface area contributed by atoms with Crippen molar-refractivity contribution in [2.45, 2.75) is 33.7 Å². The highest BCUT2D eigenvalue weighted by Crippen LogP contribution is 2.29. The summed E-state index contributed by atoms with van der Waals surface area (Å²) in [5, 5.41) is 2.86. The quantitative estimate of drug-likeness (QED) is 0.539. The zero-order chi connectivity index (χ0) is 22.8. The van der Waals surface area contributed by atoms with Gasteiger partial charge in [0.05, 0.1) is 20.3 Å². The van der Waals surface area contributed by atoms with Crippen LogP contribution in [0.5, 0.6) is 11.5 Å². The minimum atomic E-state index is -0.497. The molecule has 0 aromatic heterocycles. The maximum atomic E-state index is 12.5. The molecule has 0 atom stereocenters. The number of carbonyl (C=O) groups is 2. The Hall–Kier alpha value is -3.06. The number of nitrogens with two attached hydrogens (primary N) is 1. The van der Waals surface area contributed by atoms with Crippen molar-refractivity contribution < 1.29 is 19.1 Å². The van der Waals surface area contributed by atoms with Gasteiger partial charge in [0.25, 0.3) is 0 Å². The predicted molar refractivity (Wildman–Crippen MR) is 122 cm³/mol. The molecule has 0 aliphatic rings. The van der Waals surface area contributed by atoms with Gasteiger partial charge < -0.3 is 20.5 Å². The van der Waals surface area contributed by atoms with Crippen LogP contribution in [0.4, 0.5) is 5.69 Å². The maximum absolute atomic E-state index is 12.5. The molecule has 2 aromatic carbocycles. The minimum Gasteiger partial charge on any atom is -0.493 e. The summed E-state index contributed by atoms with van der Waals surface area (Å²) in [5.74, 6) is 1.22. The van der Waals surface area contributed by atoms with Gasteiger partial charge >= 0.3 is 0 Å². The molecule has 7 heteroatoms. The Balaban J connectivity index is 2.01. The van der Waals surface area contributed by atoms with Gasteiger partial charge in [-0.05, 0) is 60.8 Å².